The van der Waals surface area contributed by atoms with Crippen LogP contribution in [0, 0.1) is 0 Å². The first kappa shape index (κ1) is 28.3. The fraction of sp³-hybridized carbons (Fsp3) is 0.655. The summed E-state index contributed by atoms with van der Waals surface area (Å²) in [4.78, 5) is 0. The number of rotatable bonds is 21. The van der Waals surface area contributed by atoms with Crippen LogP contribution in [-0.4, -0.2) is 18.3 Å². The van der Waals surface area contributed by atoms with Gasteiger partial charge < -0.3 is 14.6 Å². The number of aliphatic hydroxyl groups excluding tert-OH is 1. The SMILES string of the molecule is CC=CCCCCCCCCOc1ccc(CO)cc1OCCCCCCCCC=CC. The van der Waals surface area contributed by atoms with E-state index in [1.54, 1.807) is 0 Å². The summed E-state index contributed by atoms with van der Waals surface area (Å²) in [6, 6.07) is 5.77. The lowest BCUT2D eigenvalue weighted by molar-refractivity contribution is 0.254. The molecule has 0 amide bonds. The number of aliphatic hydroxyl groups is 1. The number of benzene rings is 1. The average molecular weight is 445 g/mol. The molecule has 3 heteroatoms. The molecular formula is C29H48O3. The van der Waals surface area contributed by atoms with Gasteiger partial charge >= 0.3 is 0 Å². The normalized spacial score (nSPS) is 11.6. The van der Waals surface area contributed by atoms with Gasteiger partial charge in [0.15, 0.2) is 11.5 Å². The Morgan fingerprint density at radius 1 is 0.625 bits per heavy atom. The van der Waals surface area contributed by atoms with Gasteiger partial charge in [0.2, 0.25) is 0 Å². The molecule has 3 nitrogen and oxygen atoms in total. The van der Waals surface area contributed by atoms with Crippen LogP contribution in [0.3, 0.4) is 0 Å². The van der Waals surface area contributed by atoms with E-state index in [2.05, 4.69) is 38.2 Å². The van der Waals surface area contributed by atoms with E-state index in [0.717, 1.165) is 36.5 Å². The van der Waals surface area contributed by atoms with Gasteiger partial charge in [-0.3, -0.25) is 0 Å². The second-order valence-electron chi connectivity index (χ2n) is 8.59. The first-order chi connectivity index (χ1) is 15.8. The molecule has 182 valence electrons. The summed E-state index contributed by atoms with van der Waals surface area (Å²) >= 11 is 0. The summed E-state index contributed by atoms with van der Waals surface area (Å²) in [5.74, 6) is 1.57. The molecule has 0 aliphatic heterocycles. The molecule has 1 aromatic carbocycles. The second kappa shape index (κ2) is 21.1. The van der Waals surface area contributed by atoms with E-state index in [1.165, 1.54) is 77.0 Å². The fourth-order valence-electron chi connectivity index (χ4n) is 3.72. The minimum absolute atomic E-state index is 0.0257. The lowest BCUT2D eigenvalue weighted by Crippen LogP contribution is -2.03. The molecule has 0 atom stereocenters. The monoisotopic (exact) mass is 444 g/mol. The molecule has 0 aliphatic rings. The van der Waals surface area contributed by atoms with Crippen LogP contribution in [0.2, 0.25) is 0 Å². The molecule has 1 rings (SSSR count). The largest absolute Gasteiger partial charge is 0.490 e. The van der Waals surface area contributed by atoms with Crippen molar-refractivity contribution < 1.29 is 14.6 Å². The molecule has 0 saturated heterocycles. The third-order valence-corrected chi connectivity index (χ3v) is 5.71. The summed E-state index contributed by atoms with van der Waals surface area (Å²) in [6.07, 6.45) is 26.2. The minimum atomic E-state index is 0.0257. The fourth-order valence-corrected chi connectivity index (χ4v) is 3.72. The van der Waals surface area contributed by atoms with E-state index < -0.39 is 0 Å². The van der Waals surface area contributed by atoms with Crippen molar-refractivity contribution in [3.63, 3.8) is 0 Å². The molecule has 0 aromatic heterocycles. The summed E-state index contributed by atoms with van der Waals surface area (Å²) in [5.41, 5.74) is 0.867. The number of unbranched alkanes of at least 4 members (excludes halogenated alkanes) is 12. The summed E-state index contributed by atoms with van der Waals surface area (Å²) in [7, 11) is 0. The number of ether oxygens (including phenoxy) is 2. The molecular weight excluding hydrogens is 396 g/mol. The lowest BCUT2D eigenvalue weighted by atomic mass is 10.1. The van der Waals surface area contributed by atoms with Crippen LogP contribution in [0.15, 0.2) is 42.5 Å². The number of hydrogen-bond acceptors (Lipinski definition) is 3. The Bertz CT molecular complexity index is 606. The Morgan fingerprint density at radius 3 is 1.59 bits per heavy atom. The number of allylic oxidation sites excluding steroid dienone is 4. The standard InChI is InChI=1S/C29H48O3/c1-3-5-7-9-11-13-15-17-19-23-31-28-22-21-27(26-30)25-29(28)32-24-20-18-16-14-12-10-8-6-4-2/h3-6,21-22,25,30H,7-20,23-24,26H2,1-2H3. The molecule has 0 spiro atoms. The highest BCUT2D eigenvalue weighted by atomic mass is 16.5. The maximum absolute atomic E-state index is 9.46. The van der Waals surface area contributed by atoms with Crippen LogP contribution in [0.25, 0.3) is 0 Å². The lowest BCUT2D eigenvalue weighted by Gasteiger charge is -2.14. The van der Waals surface area contributed by atoms with Crippen LogP contribution >= 0.6 is 0 Å². The first-order valence-corrected chi connectivity index (χ1v) is 13.0. The molecule has 1 aromatic rings. The van der Waals surface area contributed by atoms with Crippen LogP contribution in [0.1, 0.15) is 109 Å². The van der Waals surface area contributed by atoms with E-state index in [0.29, 0.717) is 6.61 Å². The van der Waals surface area contributed by atoms with Crippen molar-refractivity contribution in [1.29, 1.82) is 0 Å². The van der Waals surface area contributed by atoms with E-state index >= 15 is 0 Å². The van der Waals surface area contributed by atoms with Gasteiger partial charge in [-0.15, -0.1) is 0 Å². The Morgan fingerprint density at radius 2 is 1.09 bits per heavy atom. The van der Waals surface area contributed by atoms with E-state index in [1.807, 2.05) is 18.2 Å². The van der Waals surface area contributed by atoms with Crippen molar-refractivity contribution in [2.75, 3.05) is 13.2 Å². The van der Waals surface area contributed by atoms with Crippen molar-refractivity contribution >= 4 is 0 Å². The molecule has 0 aliphatic carbocycles. The van der Waals surface area contributed by atoms with Gasteiger partial charge in [-0.1, -0.05) is 81.7 Å². The van der Waals surface area contributed by atoms with Crippen molar-refractivity contribution in [3.8, 4) is 11.5 Å². The van der Waals surface area contributed by atoms with Crippen LogP contribution in [0.5, 0.6) is 11.5 Å². The molecule has 0 fully saturated rings. The predicted molar refractivity (Wildman–Crippen MR) is 138 cm³/mol. The molecule has 32 heavy (non-hydrogen) atoms. The van der Waals surface area contributed by atoms with Gasteiger partial charge in [-0.2, -0.15) is 0 Å². The Hall–Kier alpha value is -1.74. The molecule has 0 saturated carbocycles. The zero-order valence-electron chi connectivity index (χ0n) is 20.8. The van der Waals surface area contributed by atoms with Gasteiger partial charge in [0.1, 0.15) is 0 Å². The summed E-state index contributed by atoms with van der Waals surface area (Å²) < 4.78 is 12.0. The molecule has 0 radical (unpaired) electrons. The minimum Gasteiger partial charge on any atom is -0.490 e. The zero-order valence-corrected chi connectivity index (χ0v) is 20.8. The average Bonchev–Trinajstić information content (AvgIpc) is 2.82. The van der Waals surface area contributed by atoms with Crippen molar-refractivity contribution in [2.45, 2.75) is 110 Å². The highest BCUT2D eigenvalue weighted by molar-refractivity contribution is 5.42. The maximum atomic E-state index is 9.46. The first-order valence-electron chi connectivity index (χ1n) is 13.0. The van der Waals surface area contributed by atoms with E-state index in [9.17, 15) is 5.11 Å². The van der Waals surface area contributed by atoms with Crippen LogP contribution in [-0.2, 0) is 6.61 Å². The van der Waals surface area contributed by atoms with Crippen molar-refractivity contribution in [3.05, 3.63) is 48.1 Å². The van der Waals surface area contributed by atoms with Gasteiger partial charge in [-0.25, -0.2) is 0 Å². The van der Waals surface area contributed by atoms with Crippen LogP contribution in [0.4, 0.5) is 0 Å². The van der Waals surface area contributed by atoms with Crippen molar-refractivity contribution in [1.82, 2.24) is 0 Å². The zero-order chi connectivity index (χ0) is 23.1. The predicted octanol–water partition coefficient (Wildman–Crippen LogP) is 8.55. The molecule has 0 bridgehead atoms. The maximum Gasteiger partial charge on any atom is 0.161 e. The van der Waals surface area contributed by atoms with Gasteiger partial charge in [0.05, 0.1) is 19.8 Å². The third kappa shape index (κ3) is 15.1. The van der Waals surface area contributed by atoms with Gasteiger partial charge in [0, 0.05) is 0 Å². The van der Waals surface area contributed by atoms with E-state index in [4.69, 9.17) is 9.47 Å². The molecule has 1 N–H and O–H groups in total. The molecule has 0 heterocycles. The van der Waals surface area contributed by atoms with Gasteiger partial charge in [-0.05, 0) is 70.1 Å². The smallest absolute Gasteiger partial charge is 0.161 e. The highest BCUT2D eigenvalue weighted by Crippen LogP contribution is 2.29. The third-order valence-electron chi connectivity index (χ3n) is 5.71. The van der Waals surface area contributed by atoms with Crippen LogP contribution < -0.4 is 9.47 Å². The highest BCUT2D eigenvalue weighted by Gasteiger charge is 2.07. The topological polar surface area (TPSA) is 38.7 Å². The number of hydrogen-bond donors (Lipinski definition) is 1. The van der Waals surface area contributed by atoms with Crippen molar-refractivity contribution in [2.24, 2.45) is 0 Å². The Labute approximate surface area is 197 Å². The Kier molecular flexibility index (Phi) is 18.7. The van der Waals surface area contributed by atoms with Gasteiger partial charge in [0.25, 0.3) is 0 Å². The second-order valence-corrected chi connectivity index (χ2v) is 8.59. The summed E-state index contributed by atoms with van der Waals surface area (Å²) in [5, 5.41) is 9.46. The summed E-state index contributed by atoms with van der Waals surface area (Å²) in [6.45, 7) is 5.63. The quantitative estimate of drug-likeness (QED) is 0.152. The Balaban J connectivity index is 2.20. The molecule has 0 unspecified atom stereocenters. The van der Waals surface area contributed by atoms with E-state index in [-0.39, 0.29) is 6.61 Å².